The van der Waals surface area contributed by atoms with Crippen molar-refractivity contribution in [3.05, 3.63) is 106 Å². The van der Waals surface area contributed by atoms with Crippen molar-refractivity contribution in [1.82, 2.24) is 20.1 Å². The Kier molecular flexibility index (Phi) is 8.67. The van der Waals surface area contributed by atoms with Gasteiger partial charge in [-0.1, -0.05) is 91.3 Å². The fourth-order valence-corrected chi connectivity index (χ4v) is 5.01. The molecule has 0 radical (unpaired) electrons. The van der Waals surface area contributed by atoms with E-state index in [2.05, 4.69) is 15.5 Å². The van der Waals surface area contributed by atoms with Gasteiger partial charge in [-0.2, -0.15) is 0 Å². The Morgan fingerprint density at radius 3 is 2.39 bits per heavy atom. The zero-order valence-electron chi connectivity index (χ0n) is 19.8. The van der Waals surface area contributed by atoms with Gasteiger partial charge in [0.05, 0.1) is 16.8 Å². The van der Waals surface area contributed by atoms with Crippen LogP contribution in [0.3, 0.4) is 0 Å². The maximum absolute atomic E-state index is 13.4. The van der Waals surface area contributed by atoms with Crippen LogP contribution in [0.2, 0.25) is 10.0 Å². The number of hydrogen-bond donors (Lipinski definition) is 1. The third-order valence-corrected chi connectivity index (χ3v) is 7.06. The van der Waals surface area contributed by atoms with E-state index in [1.165, 1.54) is 23.9 Å². The van der Waals surface area contributed by atoms with Gasteiger partial charge in [0.2, 0.25) is 5.91 Å². The zero-order valence-corrected chi connectivity index (χ0v) is 22.1. The Hall–Kier alpha value is -2.87. The Bertz CT molecular complexity index is 1330. The molecule has 0 aliphatic carbocycles. The standard InChI is InChI=1S/C27H25Cl2FN4OS/c1-17(2)26(35)31-23(14-18-6-4-3-5-7-18)25-32-33-27(36-16-19-8-11-21(30)12-9-19)34(25)24-13-10-20(28)15-22(24)29/h3-13,15,17,23H,14,16H2,1-2H3,(H,31,35). The molecule has 4 rings (SSSR count). The van der Waals surface area contributed by atoms with Crippen molar-refractivity contribution in [3.8, 4) is 5.69 Å². The Balaban J connectivity index is 1.77. The normalized spacial score (nSPS) is 12.1. The molecular formula is C27H25Cl2FN4OS. The van der Waals surface area contributed by atoms with Crippen LogP contribution in [-0.2, 0) is 17.0 Å². The summed E-state index contributed by atoms with van der Waals surface area (Å²) < 4.78 is 15.2. The van der Waals surface area contributed by atoms with Crippen molar-refractivity contribution >= 4 is 40.9 Å². The van der Waals surface area contributed by atoms with E-state index in [-0.39, 0.29) is 17.6 Å². The molecule has 5 nitrogen and oxygen atoms in total. The van der Waals surface area contributed by atoms with Gasteiger partial charge in [0.1, 0.15) is 5.82 Å². The number of thioether (sulfide) groups is 1. The number of rotatable bonds is 9. The van der Waals surface area contributed by atoms with Crippen LogP contribution in [0.4, 0.5) is 4.39 Å². The molecule has 0 fully saturated rings. The summed E-state index contributed by atoms with van der Waals surface area (Å²) in [5.41, 5.74) is 2.64. The lowest BCUT2D eigenvalue weighted by Gasteiger charge is -2.21. The number of nitrogens with zero attached hydrogens (tertiary/aromatic N) is 3. The van der Waals surface area contributed by atoms with Gasteiger partial charge in [0.15, 0.2) is 11.0 Å². The summed E-state index contributed by atoms with van der Waals surface area (Å²) in [6.07, 6.45) is 0.519. The van der Waals surface area contributed by atoms with Crippen molar-refractivity contribution < 1.29 is 9.18 Å². The van der Waals surface area contributed by atoms with Crippen LogP contribution in [0.1, 0.15) is 36.8 Å². The predicted molar refractivity (Wildman–Crippen MR) is 143 cm³/mol. The molecule has 1 unspecified atom stereocenters. The highest BCUT2D eigenvalue weighted by Crippen LogP contribution is 2.33. The van der Waals surface area contributed by atoms with Crippen LogP contribution >= 0.6 is 35.0 Å². The van der Waals surface area contributed by atoms with Gasteiger partial charge in [-0.05, 0) is 47.9 Å². The van der Waals surface area contributed by atoms with Crippen LogP contribution in [0.5, 0.6) is 0 Å². The Morgan fingerprint density at radius 2 is 1.72 bits per heavy atom. The molecule has 3 aromatic carbocycles. The molecule has 0 aliphatic heterocycles. The minimum Gasteiger partial charge on any atom is -0.345 e. The second-order valence-electron chi connectivity index (χ2n) is 8.59. The lowest BCUT2D eigenvalue weighted by Crippen LogP contribution is -2.34. The summed E-state index contributed by atoms with van der Waals surface area (Å²) in [7, 11) is 0. The summed E-state index contributed by atoms with van der Waals surface area (Å²) in [5.74, 6) is 0.524. The van der Waals surface area contributed by atoms with Crippen LogP contribution in [0.25, 0.3) is 5.69 Å². The minimum absolute atomic E-state index is 0.0896. The van der Waals surface area contributed by atoms with E-state index in [9.17, 15) is 9.18 Å². The van der Waals surface area contributed by atoms with E-state index in [1.54, 1.807) is 24.3 Å². The summed E-state index contributed by atoms with van der Waals surface area (Å²) in [5, 5.41) is 13.6. The lowest BCUT2D eigenvalue weighted by molar-refractivity contribution is -0.124. The molecular weight excluding hydrogens is 518 g/mol. The molecule has 0 spiro atoms. The topological polar surface area (TPSA) is 59.8 Å². The summed E-state index contributed by atoms with van der Waals surface area (Å²) in [4.78, 5) is 12.8. The fourth-order valence-electron chi connectivity index (χ4n) is 3.61. The van der Waals surface area contributed by atoms with Gasteiger partial charge >= 0.3 is 0 Å². The fraction of sp³-hybridized carbons (Fsp3) is 0.222. The number of carbonyl (C=O) groups excluding carboxylic acids is 1. The van der Waals surface area contributed by atoms with E-state index in [1.807, 2.05) is 54.8 Å². The van der Waals surface area contributed by atoms with E-state index >= 15 is 0 Å². The van der Waals surface area contributed by atoms with E-state index < -0.39 is 6.04 Å². The highest BCUT2D eigenvalue weighted by Gasteiger charge is 2.26. The average Bonchev–Trinajstić information content (AvgIpc) is 3.27. The van der Waals surface area contributed by atoms with E-state index in [0.717, 1.165) is 11.1 Å². The molecule has 1 N–H and O–H groups in total. The highest BCUT2D eigenvalue weighted by molar-refractivity contribution is 7.98. The third-order valence-electron chi connectivity index (χ3n) is 5.53. The first kappa shape index (κ1) is 26.2. The van der Waals surface area contributed by atoms with Gasteiger partial charge in [0, 0.05) is 16.7 Å². The SMILES string of the molecule is CC(C)C(=O)NC(Cc1ccccc1)c1nnc(SCc2ccc(F)cc2)n1-c1ccc(Cl)cc1Cl. The molecule has 1 aromatic heterocycles. The van der Waals surface area contributed by atoms with Gasteiger partial charge in [-0.3, -0.25) is 9.36 Å². The summed E-state index contributed by atoms with van der Waals surface area (Å²) in [6, 6.07) is 21.0. The molecule has 0 saturated carbocycles. The molecule has 4 aromatic rings. The quantitative estimate of drug-likeness (QED) is 0.230. The predicted octanol–water partition coefficient (Wildman–Crippen LogP) is 7.06. The molecule has 36 heavy (non-hydrogen) atoms. The van der Waals surface area contributed by atoms with Crippen molar-refractivity contribution in [2.75, 3.05) is 0 Å². The molecule has 1 atom stereocenters. The first-order valence-electron chi connectivity index (χ1n) is 11.4. The molecule has 186 valence electrons. The van der Waals surface area contributed by atoms with Gasteiger partial charge in [0.25, 0.3) is 0 Å². The van der Waals surface area contributed by atoms with Crippen molar-refractivity contribution in [3.63, 3.8) is 0 Å². The van der Waals surface area contributed by atoms with Gasteiger partial charge < -0.3 is 5.32 Å². The number of halogens is 3. The third kappa shape index (κ3) is 6.46. The second-order valence-corrected chi connectivity index (χ2v) is 10.4. The summed E-state index contributed by atoms with van der Waals surface area (Å²) >= 11 is 14.2. The molecule has 1 amide bonds. The first-order valence-corrected chi connectivity index (χ1v) is 13.2. The van der Waals surface area contributed by atoms with Crippen LogP contribution < -0.4 is 5.32 Å². The Labute approximate surface area is 224 Å². The monoisotopic (exact) mass is 542 g/mol. The van der Waals surface area contributed by atoms with Crippen LogP contribution in [0.15, 0.2) is 78.0 Å². The molecule has 0 bridgehead atoms. The molecule has 0 aliphatic rings. The van der Waals surface area contributed by atoms with Crippen molar-refractivity contribution in [1.29, 1.82) is 0 Å². The van der Waals surface area contributed by atoms with E-state index in [0.29, 0.717) is 38.9 Å². The maximum Gasteiger partial charge on any atom is 0.223 e. The van der Waals surface area contributed by atoms with Gasteiger partial charge in [-0.25, -0.2) is 4.39 Å². The smallest absolute Gasteiger partial charge is 0.223 e. The largest absolute Gasteiger partial charge is 0.345 e. The maximum atomic E-state index is 13.4. The number of hydrogen-bond acceptors (Lipinski definition) is 4. The number of aromatic nitrogens is 3. The number of amides is 1. The van der Waals surface area contributed by atoms with E-state index in [4.69, 9.17) is 23.2 Å². The molecule has 0 saturated heterocycles. The number of nitrogens with one attached hydrogen (secondary N) is 1. The highest BCUT2D eigenvalue weighted by atomic mass is 35.5. The lowest BCUT2D eigenvalue weighted by atomic mass is 10.0. The van der Waals surface area contributed by atoms with Crippen molar-refractivity contribution in [2.45, 2.75) is 37.2 Å². The molecule has 9 heteroatoms. The molecule has 1 heterocycles. The Morgan fingerprint density at radius 1 is 1.00 bits per heavy atom. The first-order chi connectivity index (χ1) is 17.3. The minimum atomic E-state index is -0.457. The van der Waals surface area contributed by atoms with Crippen molar-refractivity contribution in [2.24, 2.45) is 5.92 Å². The summed E-state index contributed by atoms with van der Waals surface area (Å²) in [6.45, 7) is 3.69. The van der Waals surface area contributed by atoms with Gasteiger partial charge in [-0.15, -0.1) is 10.2 Å². The zero-order chi connectivity index (χ0) is 25.7. The van der Waals surface area contributed by atoms with Crippen LogP contribution in [0, 0.1) is 11.7 Å². The number of carbonyl (C=O) groups is 1. The second kappa shape index (κ2) is 11.9. The average molecular weight is 543 g/mol. The van der Waals surface area contributed by atoms with Crippen LogP contribution in [-0.4, -0.2) is 20.7 Å². The number of benzene rings is 3.